The zero-order valence-corrected chi connectivity index (χ0v) is 20.7. The summed E-state index contributed by atoms with van der Waals surface area (Å²) in [5.74, 6) is 0.717. The van der Waals surface area contributed by atoms with E-state index in [-0.39, 0.29) is 24.5 Å². The molecule has 0 spiro atoms. The van der Waals surface area contributed by atoms with Crippen LogP contribution in [0.2, 0.25) is 0 Å². The van der Waals surface area contributed by atoms with E-state index in [1.165, 1.54) is 0 Å². The molecule has 0 saturated carbocycles. The molecule has 1 aliphatic heterocycles. The van der Waals surface area contributed by atoms with Crippen LogP contribution in [0.15, 0.2) is 53.0 Å². The van der Waals surface area contributed by atoms with Crippen LogP contribution in [-0.2, 0) is 22.6 Å². The summed E-state index contributed by atoms with van der Waals surface area (Å²) in [6.07, 6.45) is -0.0939. The predicted molar refractivity (Wildman–Crippen MR) is 128 cm³/mol. The molecule has 2 aromatic rings. The van der Waals surface area contributed by atoms with Gasteiger partial charge in [-0.3, -0.25) is 4.79 Å². The summed E-state index contributed by atoms with van der Waals surface area (Å²) in [7, 11) is 0. The third-order valence-corrected chi connectivity index (χ3v) is 5.70. The molecular formula is C25H31BrN2O4. The number of halogens is 1. The Kier molecular flexibility index (Phi) is 7.82. The van der Waals surface area contributed by atoms with Gasteiger partial charge in [-0.1, -0.05) is 46.3 Å². The van der Waals surface area contributed by atoms with Crippen LogP contribution in [0.3, 0.4) is 0 Å². The second kappa shape index (κ2) is 10.4. The number of rotatable bonds is 5. The highest BCUT2D eigenvalue weighted by Crippen LogP contribution is 2.26. The van der Waals surface area contributed by atoms with Gasteiger partial charge in [-0.25, -0.2) is 4.79 Å². The van der Waals surface area contributed by atoms with Crippen molar-refractivity contribution < 1.29 is 19.1 Å². The van der Waals surface area contributed by atoms with E-state index in [0.717, 1.165) is 15.6 Å². The highest BCUT2D eigenvalue weighted by atomic mass is 79.9. The Morgan fingerprint density at radius 1 is 1.09 bits per heavy atom. The number of carbonyl (C=O) groups excluding carboxylic acids is 2. The second-order valence-corrected chi connectivity index (χ2v) is 9.98. The van der Waals surface area contributed by atoms with Crippen molar-refractivity contribution in [3.8, 4) is 5.75 Å². The summed E-state index contributed by atoms with van der Waals surface area (Å²) < 4.78 is 12.4. The van der Waals surface area contributed by atoms with Gasteiger partial charge in [0.05, 0.1) is 6.42 Å². The lowest BCUT2D eigenvalue weighted by Gasteiger charge is -2.40. The van der Waals surface area contributed by atoms with Crippen molar-refractivity contribution in [1.82, 2.24) is 9.80 Å². The lowest BCUT2D eigenvalue weighted by atomic mass is 10.1. The molecule has 0 unspecified atom stereocenters. The number of hydrogen-bond donors (Lipinski definition) is 0. The van der Waals surface area contributed by atoms with Gasteiger partial charge in [0.1, 0.15) is 18.0 Å². The molecule has 0 radical (unpaired) electrons. The van der Waals surface area contributed by atoms with Gasteiger partial charge in [-0.15, -0.1) is 0 Å². The number of nitrogens with zero attached hydrogens (tertiary/aromatic N) is 2. The van der Waals surface area contributed by atoms with Crippen molar-refractivity contribution in [3.05, 3.63) is 64.1 Å². The Bertz CT molecular complexity index is 943. The second-order valence-electron chi connectivity index (χ2n) is 9.07. The molecule has 32 heavy (non-hydrogen) atoms. The standard InChI is InChI=1S/C25H31BrN2O4/c1-18-16-27(12-13-28(18)24(30)32-25(2,3)4)23(29)15-20-14-21(26)10-11-22(20)31-17-19-8-6-5-7-9-19/h5-11,14,18H,12-13,15-17H2,1-4H3/t18-/m0/s1. The highest BCUT2D eigenvalue weighted by Gasteiger charge is 2.32. The molecule has 3 rings (SSSR count). The van der Waals surface area contributed by atoms with E-state index in [1.807, 2.05) is 81.1 Å². The van der Waals surface area contributed by atoms with E-state index < -0.39 is 5.60 Å². The smallest absolute Gasteiger partial charge is 0.410 e. The SMILES string of the molecule is C[C@H]1CN(C(=O)Cc2cc(Br)ccc2OCc2ccccc2)CCN1C(=O)OC(C)(C)C. The summed E-state index contributed by atoms with van der Waals surface area (Å²) in [5.41, 5.74) is 1.36. The van der Waals surface area contributed by atoms with E-state index in [0.29, 0.717) is 32.0 Å². The molecule has 1 heterocycles. The van der Waals surface area contributed by atoms with Gasteiger partial charge >= 0.3 is 6.09 Å². The van der Waals surface area contributed by atoms with Crippen LogP contribution in [0.5, 0.6) is 5.75 Å². The molecule has 1 aliphatic rings. The first-order chi connectivity index (χ1) is 15.1. The maximum Gasteiger partial charge on any atom is 0.410 e. The minimum atomic E-state index is -0.541. The number of piperazine rings is 1. The van der Waals surface area contributed by atoms with Crippen LogP contribution < -0.4 is 4.74 Å². The maximum absolute atomic E-state index is 13.1. The fraction of sp³-hybridized carbons (Fsp3) is 0.440. The zero-order valence-electron chi connectivity index (χ0n) is 19.1. The van der Waals surface area contributed by atoms with Crippen LogP contribution in [0.25, 0.3) is 0 Å². The first kappa shape index (κ1) is 24.1. The van der Waals surface area contributed by atoms with Crippen LogP contribution in [0.4, 0.5) is 4.79 Å². The number of hydrogen-bond acceptors (Lipinski definition) is 4. The highest BCUT2D eigenvalue weighted by molar-refractivity contribution is 9.10. The van der Waals surface area contributed by atoms with Gasteiger partial charge in [-0.2, -0.15) is 0 Å². The Morgan fingerprint density at radius 3 is 2.47 bits per heavy atom. The molecule has 0 aromatic heterocycles. The molecule has 2 amide bonds. The van der Waals surface area contributed by atoms with Gasteiger partial charge in [0, 0.05) is 35.7 Å². The Balaban J connectivity index is 1.62. The van der Waals surface area contributed by atoms with E-state index in [4.69, 9.17) is 9.47 Å². The molecule has 1 fully saturated rings. The minimum absolute atomic E-state index is 0.0170. The molecule has 172 valence electrons. The summed E-state index contributed by atoms with van der Waals surface area (Å²) in [5, 5.41) is 0. The minimum Gasteiger partial charge on any atom is -0.489 e. The summed E-state index contributed by atoms with van der Waals surface area (Å²) in [6.45, 7) is 9.35. The van der Waals surface area contributed by atoms with Crippen LogP contribution >= 0.6 is 15.9 Å². The fourth-order valence-electron chi connectivity index (χ4n) is 3.61. The third-order valence-electron chi connectivity index (χ3n) is 5.21. The maximum atomic E-state index is 13.1. The van der Waals surface area contributed by atoms with Crippen molar-refractivity contribution in [3.63, 3.8) is 0 Å². The number of ether oxygens (including phenoxy) is 2. The molecule has 2 aromatic carbocycles. The first-order valence-electron chi connectivity index (χ1n) is 10.8. The van der Waals surface area contributed by atoms with E-state index in [9.17, 15) is 9.59 Å². The fourth-order valence-corrected chi connectivity index (χ4v) is 4.02. The van der Waals surface area contributed by atoms with Gasteiger partial charge in [0.15, 0.2) is 0 Å². The molecule has 1 atom stereocenters. The average molecular weight is 503 g/mol. The predicted octanol–water partition coefficient (Wildman–Crippen LogP) is 5.04. The van der Waals surface area contributed by atoms with Gasteiger partial charge in [0.2, 0.25) is 5.91 Å². The van der Waals surface area contributed by atoms with E-state index >= 15 is 0 Å². The van der Waals surface area contributed by atoms with Crippen LogP contribution in [0.1, 0.15) is 38.8 Å². The third kappa shape index (κ3) is 6.73. The largest absolute Gasteiger partial charge is 0.489 e. The van der Waals surface area contributed by atoms with Crippen LogP contribution in [0, 0.1) is 0 Å². The lowest BCUT2D eigenvalue weighted by Crippen LogP contribution is -2.56. The van der Waals surface area contributed by atoms with Gasteiger partial charge in [-0.05, 0) is 51.5 Å². The molecule has 0 aliphatic carbocycles. The molecule has 1 saturated heterocycles. The Labute approximate surface area is 198 Å². The summed E-state index contributed by atoms with van der Waals surface area (Å²) >= 11 is 3.50. The molecular weight excluding hydrogens is 472 g/mol. The lowest BCUT2D eigenvalue weighted by molar-refractivity contribution is -0.133. The zero-order chi connectivity index (χ0) is 23.3. The average Bonchev–Trinajstić information content (AvgIpc) is 2.72. The molecule has 6 nitrogen and oxygen atoms in total. The monoisotopic (exact) mass is 502 g/mol. The normalized spacial score (nSPS) is 16.6. The molecule has 7 heteroatoms. The van der Waals surface area contributed by atoms with Crippen molar-refractivity contribution in [2.24, 2.45) is 0 Å². The van der Waals surface area contributed by atoms with E-state index in [2.05, 4.69) is 15.9 Å². The van der Waals surface area contributed by atoms with Crippen molar-refractivity contribution >= 4 is 27.9 Å². The topological polar surface area (TPSA) is 59.1 Å². The summed E-state index contributed by atoms with van der Waals surface area (Å²) in [6, 6.07) is 15.6. The first-order valence-corrected chi connectivity index (χ1v) is 11.6. The summed E-state index contributed by atoms with van der Waals surface area (Å²) in [4.78, 5) is 29.0. The van der Waals surface area contributed by atoms with E-state index in [1.54, 1.807) is 4.90 Å². The quantitative estimate of drug-likeness (QED) is 0.574. The Hall–Kier alpha value is -2.54. The number of amides is 2. The van der Waals surface area contributed by atoms with Crippen molar-refractivity contribution in [2.45, 2.75) is 52.4 Å². The van der Waals surface area contributed by atoms with Crippen molar-refractivity contribution in [2.75, 3.05) is 19.6 Å². The molecule has 0 bridgehead atoms. The number of carbonyl (C=O) groups is 2. The van der Waals surface area contributed by atoms with Gasteiger partial charge < -0.3 is 19.3 Å². The Morgan fingerprint density at radius 2 is 1.81 bits per heavy atom. The van der Waals surface area contributed by atoms with Crippen LogP contribution in [-0.4, -0.2) is 53.1 Å². The van der Waals surface area contributed by atoms with Crippen molar-refractivity contribution in [1.29, 1.82) is 0 Å². The number of benzene rings is 2. The van der Waals surface area contributed by atoms with Gasteiger partial charge in [0.25, 0.3) is 0 Å². The molecule has 0 N–H and O–H groups in total.